The van der Waals surface area contributed by atoms with Crippen LogP contribution in [0.15, 0.2) is 36.5 Å². The molecule has 0 radical (unpaired) electrons. The zero-order chi connectivity index (χ0) is 11.3. The van der Waals surface area contributed by atoms with Crippen LogP contribution >= 0.6 is 0 Å². The molecule has 0 bridgehead atoms. The Labute approximate surface area is 92.6 Å². The highest BCUT2D eigenvalue weighted by molar-refractivity contribution is 5.59. The van der Waals surface area contributed by atoms with Crippen LogP contribution in [-0.4, -0.2) is 6.29 Å². The van der Waals surface area contributed by atoms with Crippen LogP contribution in [-0.2, 0) is 4.79 Å². The van der Waals surface area contributed by atoms with Gasteiger partial charge in [-0.1, -0.05) is 37.8 Å². The molecule has 0 aromatic carbocycles. The van der Waals surface area contributed by atoms with Gasteiger partial charge in [-0.15, -0.1) is 0 Å². The molecule has 1 aliphatic rings. The van der Waals surface area contributed by atoms with Gasteiger partial charge in [-0.2, -0.15) is 0 Å². The standard InChI is InChI=1S/C14H20O/c1-4-6-12(7-5-2)13-8-9-14(3,10-13)11-15/h4-7,11,13H,1,8-10H2,2-3H3/b7-5-,12-6+. The Kier molecular flexibility index (Phi) is 4.07. The number of hydrogen-bond acceptors (Lipinski definition) is 1. The van der Waals surface area contributed by atoms with Crippen molar-refractivity contribution in [3.05, 3.63) is 36.5 Å². The Morgan fingerprint density at radius 3 is 2.73 bits per heavy atom. The predicted octanol–water partition coefficient (Wildman–Crippen LogP) is 3.68. The van der Waals surface area contributed by atoms with Gasteiger partial charge in [-0.3, -0.25) is 0 Å². The molecule has 15 heavy (non-hydrogen) atoms. The van der Waals surface area contributed by atoms with Gasteiger partial charge in [0.2, 0.25) is 0 Å². The van der Waals surface area contributed by atoms with Gasteiger partial charge < -0.3 is 4.79 Å². The first-order chi connectivity index (χ1) is 7.15. The monoisotopic (exact) mass is 204 g/mol. The van der Waals surface area contributed by atoms with Crippen LogP contribution in [0.5, 0.6) is 0 Å². The topological polar surface area (TPSA) is 17.1 Å². The maximum atomic E-state index is 11.0. The molecule has 2 unspecified atom stereocenters. The first kappa shape index (κ1) is 12.0. The number of hydrogen-bond donors (Lipinski definition) is 0. The average Bonchev–Trinajstić information content (AvgIpc) is 2.62. The molecule has 0 aromatic heterocycles. The Morgan fingerprint density at radius 2 is 2.27 bits per heavy atom. The SMILES string of the molecule is C=C/C=C(\C=C/C)C1CCC(C)(C=O)C1. The van der Waals surface area contributed by atoms with Crippen LogP contribution in [0, 0.1) is 11.3 Å². The molecule has 0 aromatic rings. The van der Waals surface area contributed by atoms with E-state index in [9.17, 15) is 4.79 Å². The highest BCUT2D eigenvalue weighted by Crippen LogP contribution is 2.43. The lowest BCUT2D eigenvalue weighted by Crippen LogP contribution is -2.13. The van der Waals surface area contributed by atoms with Gasteiger partial charge in [0, 0.05) is 5.41 Å². The molecule has 0 spiro atoms. The second kappa shape index (κ2) is 5.11. The third-order valence-electron chi connectivity index (χ3n) is 3.20. The van der Waals surface area contributed by atoms with Crippen molar-refractivity contribution in [3.63, 3.8) is 0 Å². The fourth-order valence-corrected chi connectivity index (χ4v) is 2.32. The number of aldehydes is 1. The lowest BCUT2D eigenvalue weighted by atomic mass is 9.87. The Balaban J connectivity index is 2.77. The maximum absolute atomic E-state index is 11.0. The van der Waals surface area contributed by atoms with Crippen molar-refractivity contribution in [2.75, 3.05) is 0 Å². The summed E-state index contributed by atoms with van der Waals surface area (Å²) in [7, 11) is 0. The van der Waals surface area contributed by atoms with Crippen molar-refractivity contribution >= 4 is 6.29 Å². The van der Waals surface area contributed by atoms with Crippen LogP contribution < -0.4 is 0 Å². The van der Waals surface area contributed by atoms with Crippen LogP contribution in [0.1, 0.15) is 33.1 Å². The fraction of sp³-hybridized carbons (Fsp3) is 0.500. The highest BCUT2D eigenvalue weighted by Gasteiger charge is 2.35. The van der Waals surface area contributed by atoms with E-state index in [1.165, 1.54) is 5.57 Å². The smallest absolute Gasteiger partial charge is 0.125 e. The summed E-state index contributed by atoms with van der Waals surface area (Å²) in [4.78, 5) is 11.0. The fourth-order valence-electron chi connectivity index (χ4n) is 2.32. The zero-order valence-corrected chi connectivity index (χ0v) is 9.70. The summed E-state index contributed by atoms with van der Waals surface area (Å²) in [6.45, 7) is 7.81. The van der Waals surface area contributed by atoms with Crippen molar-refractivity contribution in [1.29, 1.82) is 0 Å². The summed E-state index contributed by atoms with van der Waals surface area (Å²) in [6, 6.07) is 0. The average molecular weight is 204 g/mol. The molecule has 0 N–H and O–H groups in total. The van der Waals surface area contributed by atoms with Gasteiger partial charge in [0.1, 0.15) is 6.29 Å². The lowest BCUT2D eigenvalue weighted by Gasteiger charge is -2.16. The predicted molar refractivity (Wildman–Crippen MR) is 64.6 cm³/mol. The summed E-state index contributed by atoms with van der Waals surface area (Å²) < 4.78 is 0. The summed E-state index contributed by atoms with van der Waals surface area (Å²) in [5, 5.41) is 0. The second-order valence-electron chi connectivity index (χ2n) is 4.61. The van der Waals surface area contributed by atoms with E-state index in [1.807, 2.05) is 19.1 Å². The van der Waals surface area contributed by atoms with Crippen molar-refractivity contribution < 1.29 is 4.79 Å². The molecule has 0 heterocycles. The molecule has 2 atom stereocenters. The molecular formula is C14H20O. The van der Waals surface area contributed by atoms with E-state index in [4.69, 9.17) is 0 Å². The quantitative estimate of drug-likeness (QED) is 0.504. The van der Waals surface area contributed by atoms with E-state index in [0.29, 0.717) is 5.92 Å². The van der Waals surface area contributed by atoms with E-state index < -0.39 is 0 Å². The van der Waals surface area contributed by atoms with Gasteiger partial charge >= 0.3 is 0 Å². The number of carbonyl (C=O) groups is 1. The first-order valence-electron chi connectivity index (χ1n) is 5.57. The van der Waals surface area contributed by atoms with Crippen LogP contribution in [0.3, 0.4) is 0 Å². The molecule has 1 heteroatoms. The highest BCUT2D eigenvalue weighted by atomic mass is 16.1. The van der Waals surface area contributed by atoms with E-state index in [2.05, 4.69) is 25.7 Å². The lowest BCUT2D eigenvalue weighted by molar-refractivity contribution is -0.115. The number of carbonyl (C=O) groups excluding carboxylic acids is 1. The third-order valence-corrected chi connectivity index (χ3v) is 3.20. The molecule has 1 aliphatic carbocycles. The van der Waals surface area contributed by atoms with Crippen LogP contribution in [0.25, 0.3) is 0 Å². The molecule has 1 saturated carbocycles. The molecular weight excluding hydrogens is 184 g/mol. The number of rotatable bonds is 4. The molecule has 0 amide bonds. The molecule has 82 valence electrons. The maximum Gasteiger partial charge on any atom is 0.125 e. The van der Waals surface area contributed by atoms with E-state index >= 15 is 0 Å². The van der Waals surface area contributed by atoms with Crippen molar-refractivity contribution in [2.45, 2.75) is 33.1 Å². The summed E-state index contributed by atoms with van der Waals surface area (Å²) >= 11 is 0. The van der Waals surface area contributed by atoms with Gasteiger partial charge in [-0.05, 0) is 37.7 Å². The minimum absolute atomic E-state index is 0.105. The normalized spacial score (nSPS) is 32.1. The van der Waals surface area contributed by atoms with Gasteiger partial charge in [0.15, 0.2) is 0 Å². The first-order valence-corrected chi connectivity index (χ1v) is 5.57. The van der Waals surface area contributed by atoms with Crippen LogP contribution in [0.4, 0.5) is 0 Å². The van der Waals surface area contributed by atoms with Gasteiger partial charge in [0.25, 0.3) is 0 Å². The number of allylic oxidation sites excluding steroid dienone is 5. The minimum atomic E-state index is -0.105. The van der Waals surface area contributed by atoms with Crippen LogP contribution in [0.2, 0.25) is 0 Å². The Bertz CT molecular complexity index is 298. The summed E-state index contributed by atoms with van der Waals surface area (Å²) in [5.41, 5.74) is 1.20. The minimum Gasteiger partial charge on any atom is -0.303 e. The zero-order valence-electron chi connectivity index (χ0n) is 9.70. The Morgan fingerprint density at radius 1 is 1.53 bits per heavy atom. The van der Waals surface area contributed by atoms with Crippen molar-refractivity contribution in [1.82, 2.24) is 0 Å². The third kappa shape index (κ3) is 2.92. The van der Waals surface area contributed by atoms with Crippen molar-refractivity contribution in [3.8, 4) is 0 Å². The molecule has 0 saturated heterocycles. The van der Waals surface area contributed by atoms with Gasteiger partial charge in [-0.25, -0.2) is 0 Å². The van der Waals surface area contributed by atoms with Gasteiger partial charge in [0.05, 0.1) is 0 Å². The van der Waals surface area contributed by atoms with E-state index in [1.54, 1.807) is 0 Å². The molecule has 1 nitrogen and oxygen atoms in total. The van der Waals surface area contributed by atoms with Crippen molar-refractivity contribution in [2.24, 2.45) is 11.3 Å². The molecule has 1 fully saturated rings. The largest absolute Gasteiger partial charge is 0.303 e. The second-order valence-corrected chi connectivity index (χ2v) is 4.61. The van der Waals surface area contributed by atoms with E-state index in [-0.39, 0.29) is 5.41 Å². The molecule has 1 rings (SSSR count). The summed E-state index contributed by atoms with van der Waals surface area (Å²) in [5.74, 6) is 0.523. The molecule has 0 aliphatic heterocycles. The summed E-state index contributed by atoms with van der Waals surface area (Å²) in [6.07, 6.45) is 12.3. The van der Waals surface area contributed by atoms with E-state index in [0.717, 1.165) is 25.5 Å². The Hall–Kier alpha value is -1.11.